The van der Waals surface area contributed by atoms with Crippen LogP contribution < -0.4 is 4.90 Å². The summed E-state index contributed by atoms with van der Waals surface area (Å²) >= 11 is 5.97. The number of carbonyl (C=O) groups is 1. The van der Waals surface area contributed by atoms with Crippen LogP contribution in [0.25, 0.3) is 0 Å². The van der Waals surface area contributed by atoms with Crippen molar-refractivity contribution in [2.75, 3.05) is 11.4 Å². The molecule has 2 aromatic rings. The first-order valence-corrected chi connectivity index (χ1v) is 6.97. The summed E-state index contributed by atoms with van der Waals surface area (Å²) in [4.78, 5) is 13.5. The van der Waals surface area contributed by atoms with E-state index in [1.807, 2.05) is 6.07 Å². The van der Waals surface area contributed by atoms with Crippen molar-refractivity contribution in [1.82, 2.24) is 0 Å². The lowest BCUT2D eigenvalue weighted by molar-refractivity contribution is -0.138. The number of rotatable bonds is 2. The number of benzene rings is 2. The van der Waals surface area contributed by atoms with Crippen molar-refractivity contribution in [2.45, 2.75) is 12.5 Å². The number of aliphatic carboxylic acids is 1. The molecule has 108 valence electrons. The van der Waals surface area contributed by atoms with Crippen LogP contribution in [0.15, 0.2) is 42.5 Å². The summed E-state index contributed by atoms with van der Waals surface area (Å²) < 4.78 is 13.0. The predicted octanol–water partition coefficient (Wildman–Crippen LogP) is 3.67. The molecule has 5 heteroatoms. The van der Waals surface area contributed by atoms with Crippen LogP contribution in [-0.4, -0.2) is 17.6 Å². The van der Waals surface area contributed by atoms with E-state index in [0.29, 0.717) is 23.7 Å². The minimum atomic E-state index is -0.928. The largest absolute Gasteiger partial charge is 0.479 e. The summed E-state index contributed by atoms with van der Waals surface area (Å²) in [7, 11) is 0. The molecule has 0 aliphatic carbocycles. The molecule has 1 aliphatic heterocycles. The van der Waals surface area contributed by atoms with Crippen molar-refractivity contribution in [3.63, 3.8) is 0 Å². The van der Waals surface area contributed by atoms with Gasteiger partial charge in [0.1, 0.15) is 5.82 Å². The molecule has 0 spiro atoms. The Morgan fingerprint density at radius 2 is 1.95 bits per heavy atom. The third-order valence-corrected chi connectivity index (χ3v) is 3.96. The zero-order valence-corrected chi connectivity index (χ0v) is 11.8. The van der Waals surface area contributed by atoms with Gasteiger partial charge in [-0.15, -0.1) is 0 Å². The summed E-state index contributed by atoms with van der Waals surface area (Å²) in [6, 6.07) is 10.4. The fourth-order valence-corrected chi connectivity index (χ4v) is 2.97. The van der Waals surface area contributed by atoms with Crippen molar-refractivity contribution >= 4 is 23.3 Å². The van der Waals surface area contributed by atoms with Gasteiger partial charge in [0.2, 0.25) is 0 Å². The van der Waals surface area contributed by atoms with Gasteiger partial charge in [-0.2, -0.15) is 0 Å². The number of carboxylic acids is 1. The quantitative estimate of drug-likeness (QED) is 0.920. The monoisotopic (exact) mass is 305 g/mol. The lowest BCUT2D eigenvalue weighted by atomic mass is 9.92. The molecular weight excluding hydrogens is 293 g/mol. The van der Waals surface area contributed by atoms with Crippen LogP contribution >= 0.6 is 11.6 Å². The zero-order chi connectivity index (χ0) is 15.0. The van der Waals surface area contributed by atoms with E-state index < -0.39 is 12.0 Å². The van der Waals surface area contributed by atoms with Gasteiger partial charge in [0.05, 0.1) is 0 Å². The van der Waals surface area contributed by atoms with Crippen LogP contribution in [0.2, 0.25) is 5.02 Å². The highest BCUT2D eigenvalue weighted by molar-refractivity contribution is 6.30. The van der Waals surface area contributed by atoms with Crippen molar-refractivity contribution in [2.24, 2.45) is 0 Å². The number of hydrogen-bond acceptors (Lipinski definition) is 2. The molecule has 0 saturated heterocycles. The molecule has 3 rings (SSSR count). The average Bonchev–Trinajstić information content (AvgIpc) is 2.46. The standard InChI is InChI=1S/C16H13ClFNO2/c17-11-1-6-14-10(9-11)7-8-19(15(14)16(20)21)13-4-2-12(18)3-5-13/h1-6,9,15H,7-8H2,(H,20,21). The minimum absolute atomic E-state index is 0.338. The Morgan fingerprint density at radius 1 is 1.24 bits per heavy atom. The second-order valence-corrected chi connectivity index (χ2v) is 5.44. The van der Waals surface area contributed by atoms with Crippen molar-refractivity contribution < 1.29 is 14.3 Å². The van der Waals surface area contributed by atoms with Crippen molar-refractivity contribution in [3.05, 3.63) is 64.4 Å². The topological polar surface area (TPSA) is 40.5 Å². The molecule has 0 aromatic heterocycles. The number of nitrogens with zero attached hydrogens (tertiary/aromatic N) is 1. The highest BCUT2D eigenvalue weighted by Gasteiger charge is 2.33. The van der Waals surface area contributed by atoms with Gasteiger partial charge in [0.25, 0.3) is 0 Å². The first kappa shape index (κ1) is 13.9. The highest BCUT2D eigenvalue weighted by Crippen LogP contribution is 2.35. The maximum atomic E-state index is 13.0. The molecule has 0 amide bonds. The van der Waals surface area contributed by atoms with Crippen LogP contribution in [0.3, 0.4) is 0 Å². The van der Waals surface area contributed by atoms with Gasteiger partial charge < -0.3 is 10.0 Å². The molecule has 1 heterocycles. The van der Waals surface area contributed by atoms with E-state index in [1.54, 1.807) is 29.2 Å². The first-order chi connectivity index (χ1) is 10.1. The highest BCUT2D eigenvalue weighted by atomic mass is 35.5. The van der Waals surface area contributed by atoms with Gasteiger partial charge in [-0.1, -0.05) is 17.7 Å². The third kappa shape index (κ3) is 2.59. The second kappa shape index (κ2) is 5.37. The lowest BCUT2D eigenvalue weighted by Crippen LogP contribution is -2.39. The number of carboxylic acid groups (broad SMARTS) is 1. The average molecular weight is 306 g/mol. The smallest absolute Gasteiger partial charge is 0.331 e. The summed E-state index contributed by atoms with van der Waals surface area (Å²) in [5.74, 6) is -1.27. The van der Waals surface area contributed by atoms with Gasteiger partial charge in [-0.3, -0.25) is 0 Å². The minimum Gasteiger partial charge on any atom is -0.479 e. The summed E-state index contributed by atoms with van der Waals surface area (Å²) in [6.45, 7) is 0.552. The van der Waals surface area contributed by atoms with E-state index in [0.717, 1.165) is 11.1 Å². The van der Waals surface area contributed by atoms with Gasteiger partial charge in [0.15, 0.2) is 6.04 Å². The summed E-state index contributed by atoms with van der Waals surface area (Å²) in [5.41, 5.74) is 2.39. The Morgan fingerprint density at radius 3 is 2.62 bits per heavy atom. The van der Waals surface area contributed by atoms with E-state index in [1.165, 1.54) is 12.1 Å². The molecule has 0 bridgehead atoms. The van der Waals surface area contributed by atoms with Crippen LogP contribution in [0.4, 0.5) is 10.1 Å². The summed E-state index contributed by atoms with van der Waals surface area (Å²) in [5, 5.41) is 10.2. The molecule has 0 radical (unpaired) electrons. The molecule has 1 atom stereocenters. The second-order valence-electron chi connectivity index (χ2n) is 5.00. The van der Waals surface area contributed by atoms with Crippen LogP contribution in [-0.2, 0) is 11.2 Å². The fraction of sp³-hybridized carbons (Fsp3) is 0.188. The predicted molar refractivity (Wildman–Crippen MR) is 79.3 cm³/mol. The molecule has 3 nitrogen and oxygen atoms in total. The molecule has 21 heavy (non-hydrogen) atoms. The van der Waals surface area contributed by atoms with E-state index in [4.69, 9.17) is 11.6 Å². The molecular formula is C16H13ClFNO2. The molecule has 1 aliphatic rings. The Bertz CT molecular complexity index is 687. The fourth-order valence-electron chi connectivity index (χ4n) is 2.77. The normalized spacial score (nSPS) is 17.4. The molecule has 1 unspecified atom stereocenters. The van der Waals surface area contributed by atoms with Gasteiger partial charge in [-0.25, -0.2) is 9.18 Å². The molecule has 2 aromatic carbocycles. The SMILES string of the molecule is O=C(O)C1c2ccc(Cl)cc2CCN1c1ccc(F)cc1. The van der Waals surface area contributed by atoms with E-state index in [-0.39, 0.29) is 5.82 Å². The van der Waals surface area contributed by atoms with E-state index in [9.17, 15) is 14.3 Å². The third-order valence-electron chi connectivity index (χ3n) is 3.73. The zero-order valence-electron chi connectivity index (χ0n) is 11.1. The van der Waals surface area contributed by atoms with Crippen LogP contribution in [0.5, 0.6) is 0 Å². The molecule has 1 N–H and O–H groups in total. The Hall–Kier alpha value is -2.07. The van der Waals surface area contributed by atoms with Gasteiger partial charge in [0, 0.05) is 17.3 Å². The number of hydrogen-bond donors (Lipinski definition) is 1. The maximum absolute atomic E-state index is 13.0. The van der Waals surface area contributed by atoms with Crippen LogP contribution in [0.1, 0.15) is 17.2 Å². The Balaban J connectivity index is 2.05. The Kier molecular flexibility index (Phi) is 3.55. The van der Waals surface area contributed by atoms with Crippen molar-refractivity contribution in [3.8, 4) is 0 Å². The summed E-state index contributed by atoms with van der Waals surface area (Å²) in [6.07, 6.45) is 0.705. The Labute approximate surface area is 126 Å². The maximum Gasteiger partial charge on any atom is 0.331 e. The van der Waals surface area contributed by atoms with Gasteiger partial charge >= 0.3 is 5.97 Å². The van der Waals surface area contributed by atoms with Gasteiger partial charge in [-0.05, 0) is 53.9 Å². The van der Waals surface area contributed by atoms with Crippen molar-refractivity contribution in [1.29, 1.82) is 0 Å². The molecule has 0 saturated carbocycles. The molecule has 0 fully saturated rings. The van der Waals surface area contributed by atoms with E-state index >= 15 is 0 Å². The number of anilines is 1. The number of halogens is 2. The number of fused-ring (bicyclic) bond motifs is 1. The van der Waals surface area contributed by atoms with E-state index in [2.05, 4.69) is 0 Å². The lowest BCUT2D eigenvalue weighted by Gasteiger charge is -2.36. The van der Waals surface area contributed by atoms with Crippen LogP contribution in [0, 0.1) is 5.82 Å². The first-order valence-electron chi connectivity index (χ1n) is 6.59.